The summed E-state index contributed by atoms with van der Waals surface area (Å²) in [6, 6.07) is 4.40. The Morgan fingerprint density at radius 3 is 2.40 bits per heavy atom. The van der Waals surface area contributed by atoms with E-state index in [1.165, 1.54) is 23.8 Å². The number of hydrogen-bond donors (Lipinski definition) is 2. The third kappa shape index (κ3) is 4.66. The minimum absolute atomic E-state index is 0.0587. The normalized spacial score (nSPS) is 11.7. The second-order valence-electron chi connectivity index (χ2n) is 3.36. The Bertz CT molecular complexity index is 701. The maximum atomic E-state index is 13.0. The summed E-state index contributed by atoms with van der Waals surface area (Å²) < 4.78 is 65.3. The van der Waals surface area contributed by atoms with Crippen molar-refractivity contribution in [3.63, 3.8) is 0 Å². The third-order valence-corrected chi connectivity index (χ3v) is 3.69. The molecule has 1 aromatic carbocycles. The average Bonchev–Trinajstić information content (AvgIpc) is 2.26. The zero-order chi connectivity index (χ0) is 15.4. The van der Waals surface area contributed by atoms with Gasteiger partial charge >= 0.3 is 26.5 Å². The number of carbonyl (C=O) groups is 1. The van der Waals surface area contributed by atoms with Gasteiger partial charge in [-0.15, -0.1) is 3.89 Å². The summed E-state index contributed by atoms with van der Waals surface area (Å²) in [4.78, 5) is 10.1. The van der Waals surface area contributed by atoms with Crippen molar-refractivity contribution in [2.75, 3.05) is 11.3 Å². The van der Waals surface area contributed by atoms with Crippen LogP contribution in [-0.2, 0) is 25.2 Å². The molecule has 1 rings (SSSR count). The Morgan fingerprint density at radius 2 is 1.85 bits per heavy atom. The number of para-hydroxylation sites is 1. The van der Waals surface area contributed by atoms with Crippen LogP contribution in [0.4, 0.5) is 14.4 Å². The fourth-order valence-electron chi connectivity index (χ4n) is 1.20. The number of amides is 1. The molecule has 20 heavy (non-hydrogen) atoms. The first-order valence-corrected chi connectivity index (χ1v) is 8.03. The number of benzene rings is 1. The van der Waals surface area contributed by atoms with Crippen LogP contribution in [0.2, 0.25) is 0 Å². The molecule has 0 aliphatic carbocycles. The largest absolute Gasteiger partial charge is 0.449 e. The fraction of sp³-hybridized carbons (Fsp3) is 0.222. The van der Waals surface area contributed by atoms with E-state index in [1.54, 1.807) is 4.72 Å². The summed E-state index contributed by atoms with van der Waals surface area (Å²) in [5.41, 5.74) is -0.535. The van der Waals surface area contributed by atoms with Crippen LogP contribution in [-0.4, -0.2) is 29.5 Å². The monoisotopic (exact) mass is 326 g/mol. The first-order valence-electron chi connectivity index (χ1n) is 5.16. The maximum absolute atomic E-state index is 13.0. The molecule has 8 nitrogen and oxygen atoms in total. The zero-order valence-corrected chi connectivity index (χ0v) is 11.8. The van der Waals surface area contributed by atoms with Crippen molar-refractivity contribution in [1.82, 2.24) is 4.72 Å². The first-order chi connectivity index (χ1) is 9.15. The van der Waals surface area contributed by atoms with Gasteiger partial charge in [-0.25, -0.2) is 9.52 Å². The molecule has 0 fully saturated rings. The van der Waals surface area contributed by atoms with E-state index in [1.807, 2.05) is 0 Å². The summed E-state index contributed by atoms with van der Waals surface area (Å²) >= 11 is 0. The molecule has 0 atom stereocenters. The summed E-state index contributed by atoms with van der Waals surface area (Å²) in [6.45, 7) is 1.40. The second kappa shape index (κ2) is 6.05. The van der Waals surface area contributed by atoms with Gasteiger partial charge in [-0.3, -0.25) is 4.72 Å². The Kier molecular flexibility index (Phi) is 4.89. The molecule has 0 aliphatic heterocycles. The van der Waals surface area contributed by atoms with Crippen LogP contribution >= 0.6 is 0 Å². The number of anilines is 1. The van der Waals surface area contributed by atoms with Gasteiger partial charge in [0.05, 0.1) is 12.3 Å². The molecule has 0 saturated carbocycles. The van der Waals surface area contributed by atoms with E-state index in [0.717, 1.165) is 12.1 Å². The van der Waals surface area contributed by atoms with Gasteiger partial charge in [-0.2, -0.15) is 16.8 Å². The Labute approximate surface area is 115 Å². The van der Waals surface area contributed by atoms with Crippen LogP contribution in [0, 0.1) is 0 Å². The molecule has 1 amide bonds. The number of ether oxygens (including phenoxy) is 1. The Morgan fingerprint density at radius 1 is 1.25 bits per heavy atom. The van der Waals surface area contributed by atoms with Gasteiger partial charge in [0.25, 0.3) is 0 Å². The molecule has 0 unspecified atom stereocenters. The highest BCUT2D eigenvalue weighted by atomic mass is 32.3. The summed E-state index contributed by atoms with van der Waals surface area (Å²) in [5.74, 6) is 0. The first kappa shape index (κ1) is 16.2. The van der Waals surface area contributed by atoms with Gasteiger partial charge in [0.1, 0.15) is 4.90 Å². The standard InChI is InChI=1S/C9H11FN2O6S2/c1-2-18-9(13)12-20(16,17)11-7-5-3-4-6-8(7)19(10,14)15/h3-6,11H,2H2,1H3,(H,12,13). The molecular formula is C9H11FN2O6S2. The van der Waals surface area contributed by atoms with Gasteiger partial charge in [-0.05, 0) is 19.1 Å². The van der Waals surface area contributed by atoms with Crippen molar-refractivity contribution in [2.24, 2.45) is 0 Å². The van der Waals surface area contributed by atoms with Gasteiger partial charge in [0.2, 0.25) is 0 Å². The van der Waals surface area contributed by atoms with Crippen LogP contribution in [0.1, 0.15) is 6.92 Å². The van der Waals surface area contributed by atoms with Crippen molar-refractivity contribution in [3.8, 4) is 0 Å². The van der Waals surface area contributed by atoms with Crippen LogP contribution < -0.4 is 9.44 Å². The number of carbonyl (C=O) groups excluding carboxylic acids is 1. The number of rotatable bonds is 5. The highest BCUT2D eigenvalue weighted by Gasteiger charge is 2.21. The molecule has 112 valence electrons. The quantitative estimate of drug-likeness (QED) is 0.771. The van der Waals surface area contributed by atoms with Gasteiger partial charge in [0, 0.05) is 0 Å². The average molecular weight is 326 g/mol. The van der Waals surface area contributed by atoms with Gasteiger partial charge in [-0.1, -0.05) is 12.1 Å². The molecule has 0 saturated heterocycles. The van der Waals surface area contributed by atoms with Crippen LogP contribution in [0.15, 0.2) is 29.2 Å². The lowest BCUT2D eigenvalue weighted by Gasteiger charge is -2.10. The second-order valence-corrected chi connectivity index (χ2v) is 6.09. The van der Waals surface area contributed by atoms with E-state index < -0.39 is 37.1 Å². The smallest absolute Gasteiger partial charge is 0.422 e. The minimum atomic E-state index is -5.12. The lowest BCUT2D eigenvalue weighted by Crippen LogP contribution is -2.36. The lowest BCUT2D eigenvalue weighted by molar-refractivity contribution is 0.159. The predicted molar refractivity (Wildman–Crippen MR) is 67.4 cm³/mol. The third-order valence-electron chi connectivity index (χ3n) is 1.89. The molecule has 0 aliphatic rings. The van der Waals surface area contributed by atoms with Gasteiger partial charge < -0.3 is 4.74 Å². The summed E-state index contributed by atoms with van der Waals surface area (Å²) in [6.07, 6.45) is -1.25. The molecule has 2 N–H and O–H groups in total. The van der Waals surface area contributed by atoms with Crippen molar-refractivity contribution in [2.45, 2.75) is 11.8 Å². The zero-order valence-electron chi connectivity index (χ0n) is 10.2. The van der Waals surface area contributed by atoms with E-state index in [2.05, 4.69) is 4.74 Å². The highest BCUT2D eigenvalue weighted by Crippen LogP contribution is 2.23. The molecule has 0 bridgehead atoms. The van der Waals surface area contributed by atoms with Crippen LogP contribution in [0.3, 0.4) is 0 Å². The van der Waals surface area contributed by atoms with E-state index in [4.69, 9.17) is 0 Å². The van der Waals surface area contributed by atoms with E-state index in [0.29, 0.717) is 0 Å². The van der Waals surface area contributed by atoms with Crippen molar-refractivity contribution in [1.29, 1.82) is 0 Å². The summed E-state index contributed by atoms with van der Waals surface area (Å²) in [5, 5.41) is 0. The van der Waals surface area contributed by atoms with E-state index in [9.17, 15) is 25.5 Å². The Hall–Kier alpha value is -1.88. The molecule has 11 heteroatoms. The fourth-order valence-corrected chi connectivity index (χ4v) is 2.69. The minimum Gasteiger partial charge on any atom is -0.449 e. The highest BCUT2D eigenvalue weighted by molar-refractivity contribution is 7.91. The molecule has 1 aromatic rings. The van der Waals surface area contributed by atoms with Crippen LogP contribution in [0.25, 0.3) is 0 Å². The molecule has 0 aromatic heterocycles. The molecule has 0 heterocycles. The van der Waals surface area contributed by atoms with Crippen molar-refractivity contribution >= 4 is 32.2 Å². The van der Waals surface area contributed by atoms with Gasteiger partial charge in [0.15, 0.2) is 0 Å². The maximum Gasteiger partial charge on any atom is 0.422 e. The van der Waals surface area contributed by atoms with Crippen LogP contribution in [0.5, 0.6) is 0 Å². The predicted octanol–water partition coefficient (Wildman–Crippen LogP) is 0.748. The van der Waals surface area contributed by atoms with E-state index in [-0.39, 0.29) is 6.61 Å². The molecular weight excluding hydrogens is 315 g/mol. The lowest BCUT2D eigenvalue weighted by atomic mass is 10.3. The SMILES string of the molecule is CCOC(=O)NS(=O)(=O)Nc1ccccc1S(=O)(=O)F. The number of halogens is 1. The van der Waals surface area contributed by atoms with Crippen molar-refractivity contribution in [3.05, 3.63) is 24.3 Å². The van der Waals surface area contributed by atoms with Crippen molar-refractivity contribution < 1.29 is 30.3 Å². The molecule has 0 spiro atoms. The summed E-state index contributed by atoms with van der Waals surface area (Å²) in [7, 11) is -9.56. The van der Waals surface area contributed by atoms with E-state index >= 15 is 0 Å². The Balaban J connectivity index is 3.02. The topological polar surface area (TPSA) is 119 Å². The number of nitrogens with one attached hydrogen (secondary N) is 2. The number of hydrogen-bond acceptors (Lipinski definition) is 6. The molecule has 0 radical (unpaired) electrons.